The van der Waals surface area contributed by atoms with Crippen LogP contribution in [-0.4, -0.2) is 36.2 Å². The molecule has 0 aliphatic rings. The van der Waals surface area contributed by atoms with Crippen molar-refractivity contribution in [1.29, 1.82) is 0 Å². The highest BCUT2D eigenvalue weighted by Gasteiger charge is 2.05. The summed E-state index contributed by atoms with van der Waals surface area (Å²) in [6.45, 7) is 14.6. The Balaban J connectivity index is 0. The zero-order valence-electron chi connectivity index (χ0n) is 12.8. The highest BCUT2D eigenvalue weighted by atomic mass is 16.3. The van der Waals surface area contributed by atoms with E-state index in [4.69, 9.17) is 5.11 Å². The molecule has 0 bridgehead atoms. The standard InChI is InChI=1S/C13H29NO.C2H6/c1-4-13(10-12-15)9-7-8-11-14(5-2)6-3;1-2/h13,15H,4-12H2,1-3H3;1-2H3. The van der Waals surface area contributed by atoms with Crippen LogP contribution in [0.5, 0.6) is 0 Å². The Morgan fingerprint density at radius 3 is 1.94 bits per heavy atom. The normalized spacial score (nSPS) is 12.2. The minimum absolute atomic E-state index is 0.356. The Morgan fingerprint density at radius 1 is 0.941 bits per heavy atom. The fourth-order valence-corrected chi connectivity index (χ4v) is 2.04. The van der Waals surface area contributed by atoms with Crippen LogP contribution < -0.4 is 0 Å². The Labute approximate surface area is 109 Å². The first kappa shape index (κ1) is 19.3. The highest BCUT2D eigenvalue weighted by Crippen LogP contribution is 2.16. The molecule has 106 valence electrons. The monoisotopic (exact) mass is 245 g/mol. The summed E-state index contributed by atoms with van der Waals surface area (Å²) in [6, 6.07) is 0. The average molecular weight is 245 g/mol. The van der Waals surface area contributed by atoms with E-state index in [-0.39, 0.29) is 0 Å². The number of unbranched alkanes of at least 4 members (excludes halogenated alkanes) is 1. The van der Waals surface area contributed by atoms with Gasteiger partial charge in [-0.25, -0.2) is 0 Å². The smallest absolute Gasteiger partial charge is 0.0433 e. The quantitative estimate of drug-likeness (QED) is 0.589. The third-order valence-electron chi connectivity index (χ3n) is 3.35. The molecule has 0 aromatic heterocycles. The van der Waals surface area contributed by atoms with E-state index in [0.717, 1.165) is 12.3 Å². The van der Waals surface area contributed by atoms with E-state index in [2.05, 4.69) is 25.7 Å². The van der Waals surface area contributed by atoms with Gasteiger partial charge in [0.15, 0.2) is 0 Å². The predicted octanol–water partition coefficient (Wildman–Crippen LogP) is 3.93. The van der Waals surface area contributed by atoms with Crippen molar-refractivity contribution in [2.75, 3.05) is 26.2 Å². The van der Waals surface area contributed by atoms with Gasteiger partial charge in [-0.2, -0.15) is 0 Å². The van der Waals surface area contributed by atoms with Crippen LogP contribution in [0.2, 0.25) is 0 Å². The molecule has 0 radical (unpaired) electrons. The summed E-state index contributed by atoms with van der Waals surface area (Å²) in [7, 11) is 0. The lowest BCUT2D eigenvalue weighted by Crippen LogP contribution is -2.24. The van der Waals surface area contributed by atoms with E-state index in [1.165, 1.54) is 45.3 Å². The van der Waals surface area contributed by atoms with Gasteiger partial charge in [-0.3, -0.25) is 0 Å². The Kier molecular flexibility index (Phi) is 18.0. The SMILES string of the molecule is CC.CCC(CCO)CCCCN(CC)CC. The van der Waals surface area contributed by atoms with Gasteiger partial charge in [-0.1, -0.05) is 53.9 Å². The van der Waals surface area contributed by atoms with E-state index in [0.29, 0.717) is 6.61 Å². The van der Waals surface area contributed by atoms with Gasteiger partial charge in [0.25, 0.3) is 0 Å². The van der Waals surface area contributed by atoms with E-state index in [9.17, 15) is 0 Å². The Bertz CT molecular complexity index is 124. The van der Waals surface area contributed by atoms with Gasteiger partial charge in [0.2, 0.25) is 0 Å². The minimum atomic E-state index is 0.356. The van der Waals surface area contributed by atoms with E-state index >= 15 is 0 Å². The van der Waals surface area contributed by atoms with Crippen molar-refractivity contribution in [3.05, 3.63) is 0 Å². The third-order valence-corrected chi connectivity index (χ3v) is 3.35. The lowest BCUT2D eigenvalue weighted by atomic mass is 9.96. The molecule has 0 heterocycles. The molecule has 0 amide bonds. The maximum absolute atomic E-state index is 8.88. The van der Waals surface area contributed by atoms with Crippen molar-refractivity contribution < 1.29 is 5.11 Å². The zero-order valence-corrected chi connectivity index (χ0v) is 12.8. The summed E-state index contributed by atoms with van der Waals surface area (Å²) < 4.78 is 0. The van der Waals surface area contributed by atoms with Crippen LogP contribution >= 0.6 is 0 Å². The van der Waals surface area contributed by atoms with Crippen LogP contribution in [0.4, 0.5) is 0 Å². The molecule has 0 aliphatic heterocycles. The molecule has 0 aromatic rings. The minimum Gasteiger partial charge on any atom is -0.396 e. The molecule has 1 unspecified atom stereocenters. The van der Waals surface area contributed by atoms with Gasteiger partial charge in [0.1, 0.15) is 0 Å². The second-order valence-electron chi connectivity index (χ2n) is 4.31. The number of aliphatic hydroxyl groups is 1. The van der Waals surface area contributed by atoms with Crippen LogP contribution in [-0.2, 0) is 0 Å². The van der Waals surface area contributed by atoms with Crippen molar-refractivity contribution >= 4 is 0 Å². The lowest BCUT2D eigenvalue weighted by molar-refractivity contribution is 0.242. The molecule has 0 saturated carbocycles. The summed E-state index contributed by atoms with van der Waals surface area (Å²) in [5.74, 6) is 0.742. The molecule has 2 nitrogen and oxygen atoms in total. The van der Waals surface area contributed by atoms with E-state index < -0.39 is 0 Å². The lowest BCUT2D eigenvalue weighted by Gasteiger charge is -2.18. The van der Waals surface area contributed by atoms with Gasteiger partial charge in [0.05, 0.1) is 0 Å². The first-order valence-electron chi connectivity index (χ1n) is 7.61. The molecule has 1 atom stereocenters. The first-order chi connectivity index (χ1) is 8.28. The van der Waals surface area contributed by atoms with Crippen molar-refractivity contribution in [2.45, 2.75) is 66.7 Å². The second-order valence-corrected chi connectivity index (χ2v) is 4.31. The Hall–Kier alpha value is -0.0800. The van der Waals surface area contributed by atoms with Crippen LogP contribution in [0.1, 0.15) is 66.7 Å². The Morgan fingerprint density at radius 2 is 1.53 bits per heavy atom. The highest BCUT2D eigenvalue weighted by molar-refractivity contribution is 4.59. The molecule has 2 heteroatoms. The van der Waals surface area contributed by atoms with Crippen LogP contribution in [0.25, 0.3) is 0 Å². The summed E-state index contributed by atoms with van der Waals surface area (Å²) >= 11 is 0. The molecule has 0 fully saturated rings. The number of nitrogens with zero attached hydrogens (tertiary/aromatic N) is 1. The number of hydrogen-bond acceptors (Lipinski definition) is 2. The predicted molar refractivity (Wildman–Crippen MR) is 78.5 cm³/mol. The molecule has 0 saturated heterocycles. The zero-order chi connectivity index (χ0) is 13.5. The maximum Gasteiger partial charge on any atom is 0.0433 e. The van der Waals surface area contributed by atoms with Crippen molar-refractivity contribution in [3.8, 4) is 0 Å². The van der Waals surface area contributed by atoms with E-state index in [1.54, 1.807) is 0 Å². The molecule has 0 rings (SSSR count). The summed E-state index contributed by atoms with van der Waals surface area (Å²) in [6.07, 6.45) is 6.12. The van der Waals surface area contributed by atoms with Crippen LogP contribution in [0.15, 0.2) is 0 Å². The molecule has 0 aromatic carbocycles. The molecular formula is C15H35NO. The molecule has 0 spiro atoms. The summed E-state index contributed by atoms with van der Waals surface area (Å²) in [5, 5.41) is 8.88. The van der Waals surface area contributed by atoms with Gasteiger partial charge >= 0.3 is 0 Å². The van der Waals surface area contributed by atoms with Gasteiger partial charge < -0.3 is 10.0 Å². The average Bonchev–Trinajstić information content (AvgIpc) is 2.40. The van der Waals surface area contributed by atoms with Crippen LogP contribution in [0.3, 0.4) is 0 Å². The maximum atomic E-state index is 8.88. The van der Waals surface area contributed by atoms with Gasteiger partial charge in [-0.05, 0) is 38.4 Å². The van der Waals surface area contributed by atoms with Crippen LogP contribution in [0, 0.1) is 5.92 Å². The topological polar surface area (TPSA) is 23.5 Å². The second kappa shape index (κ2) is 15.9. The van der Waals surface area contributed by atoms with Crippen molar-refractivity contribution in [3.63, 3.8) is 0 Å². The van der Waals surface area contributed by atoms with Gasteiger partial charge in [0, 0.05) is 6.61 Å². The third kappa shape index (κ3) is 12.2. The number of rotatable bonds is 10. The molecule has 0 aliphatic carbocycles. The first-order valence-corrected chi connectivity index (χ1v) is 7.61. The fraction of sp³-hybridized carbons (Fsp3) is 1.00. The molecule has 1 N–H and O–H groups in total. The fourth-order valence-electron chi connectivity index (χ4n) is 2.04. The largest absolute Gasteiger partial charge is 0.396 e. The number of aliphatic hydroxyl groups excluding tert-OH is 1. The molecule has 17 heavy (non-hydrogen) atoms. The molecular weight excluding hydrogens is 210 g/mol. The van der Waals surface area contributed by atoms with Crippen molar-refractivity contribution in [1.82, 2.24) is 4.90 Å². The van der Waals surface area contributed by atoms with Gasteiger partial charge in [-0.15, -0.1) is 0 Å². The summed E-state index contributed by atoms with van der Waals surface area (Å²) in [5.41, 5.74) is 0. The van der Waals surface area contributed by atoms with E-state index in [1.807, 2.05) is 13.8 Å². The van der Waals surface area contributed by atoms with Crippen molar-refractivity contribution in [2.24, 2.45) is 5.92 Å². The summed E-state index contributed by atoms with van der Waals surface area (Å²) in [4.78, 5) is 2.48. The number of hydrogen-bond donors (Lipinski definition) is 1.